The minimum atomic E-state index is -1.46. The average Bonchev–Trinajstić information content (AvgIpc) is 1.75. The number of guanidine groups is 3. The van der Waals surface area contributed by atoms with Crippen LogP contribution in [0.2, 0.25) is 0 Å². The van der Waals surface area contributed by atoms with Crippen LogP contribution in [0.25, 0.3) is 0 Å². The molecule has 7 aliphatic rings. The molecular weight excluding hydrogens is 1870 g/mol. The predicted molar refractivity (Wildman–Crippen MR) is 485 cm³/mol. The summed E-state index contributed by atoms with van der Waals surface area (Å²) in [6, 6.07) is 1.89. The van der Waals surface area contributed by atoms with E-state index >= 15 is 0 Å². The highest BCUT2D eigenvalue weighted by atomic mass is 16.8. The molecule has 4 saturated heterocycles. The fraction of sp³-hybridized carbons (Fsp3) is 0.552. The Morgan fingerprint density at radius 1 is 0.383 bits per heavy atom. The first-order valence-corrected chi connectivity index (χ1v) is 44.9. The van der Waals surface area contributed by atoms with Crippen molar-refractivity contribution in [3.8, 4) is 0 Å². The second-order valence-corrected chi connectivity index (χ2v) is 32.7. The maximum atomic E-state index is 13.2. The molecule has 0 spiro atoms. The van der Waals surface area contributed by atoms with E-state index in [1.807, 2.05) is 0 Å². The first-order chi connectivity index (χ1) is 67.1. The number of ether oxygens (including phenoxy) is 15. The van der Waals surface area contributed by atoms with Gasteiger partial charge in [-0.1, -0.05) is 38.5 Å². The van der Waals surface area contributed by atoms with Crippen molar-refractivity contribution in [2.45, 2.75) is 203 Å². The number of piperazine rings is 1. The molecule has 0 aliphatic carbocycles. The Hall–Kier alpha value is -15.9. The van der Waals surface area contributed by atoms with Crippen LogP contribution < -0.4 is 82.3 Å². The second kappa shape index (κ2) is 54.3. The third-order valence-corrected chi connectivity index (χ3v) is 22.0. The SMILES string of the molecule is COC(=O)C1=C[C@H](N=C(N)N)[C@@H](NC(C)=O)[C@H]([C@H](OC(=O)NCCCCCCNC(=O)c2cc(C(=O)O)cc(C(=O)N3CCN(C(C)=O)CC3)c2)[C@H]2COC(=O)O2)O1.COC(=O)C1=C[C@H](N=C(N)N)[C@@H](NC(C)=O)[C@H]([C@H](OC(=O)NCCCCCCNC(=O)c2cc(C)cc(C(=O)NCCCCCCNC(=O)OC([C@H]3COC(=O)O3)[C@@H]3OC(C(=O)OC)=C[C@H](N=C(N)N)[C@H]3NC(C)=O)c2)C2COC(=O)O2)O1. The molecular formula is C87H120N20O34. The topological polar surface area (TPSA) is 774 Å². The number of carboxylic acid groups (broad SMARTS) is 1. The quantitative estimate of drug-likeness (QED) is 0.0115. The van der Waals surface area contributed by atoms with Crippen LogP contribution >= 0.6 is 0 Å². The van der Waals surface area contributed by atoms with Gasteiger partial charge in [0.15, 0.2) is 72.8 Å². The van der Waals surface area contributed by atoms with Gasteiger partial charge in [0.05, 0.1) is 63.1 Å². The minimum Gasteiger partial charge on any atom is -0.478 e. The van der Waals surface area contributed by atoms with E-state index in [9.17, 15) is 91.4 Å². The standard InChI is InChI=1S/C51H72N12O20.C36H48N8O14/c1-25-18-28(42(66)56-14-10-6-8-12-16-58-48(70)82-38(34-23-76-50(72)80-34)40-36(60-26(2)64)30(62-46(52)53)21-32(78-40)44(68)74-4)20-29(19-25)43(67)57-15-11-7-9-13-17-59-49(71)83-39(35-24-77-51(73)81-35)41-37(61-27(3)65)31(63-47(54)55)22-33(79-41)45(69)75-5;1-19(45)41-27-24(42-34(37)38)17-25(33(51)54-3)56-29(27)28(26-18-55-36(53)57-26)58-35(52)40-9-7-5-4-6-8-39-30(47)21-14-22(16-23(15-21)32(49)50)31(48)44-12-10-43(11-13-44)20(2)46/h18-22,30-31,34-41H,6-17,23-24H2,1-5H3,(H,56,66)(H,57,67)(H,58,70)(H,59,71)(H,60,64)(H,61,65)(H4,52,53,62)(H4,54,55,63);14-17,24,26-29H,4-13,18H2,1-3H3,(H,39,47)(H,40,52)(H,41,45)(H,49,50)(H4,37,38,42)/t30-,31-,34+,35?,36+,37+,38?,39+,40+,41+;24-,26+,27+,28+,29+/m00/s1. The number of esters is 3. The highest BCUT2D eigenvalue weighted by Crippen LogP contribution is 2.34. The number of unbranched alkanes of at least 4 members (excludes halogenated alkanes) is 9. The normalized spacial score (nSPS) is 21.4. The molecule has 0 aromatic heterocycles. The smallest absolute Gasteiger partial charge is 0.478 e. The first-order valence-electron chi connectivity index (χ1n) is 44.9. The Kier molecular flexibility index (Phi) is 42.5. The predicted octanol–water partition coefficient (Wildman–Crippen LogP) is -1.75. The Morgan fingerprint density at radius 3 is 0.915 bits per heavy atom. The monoisotopic (exact) mass is 1990 g/mol. The summed E-state index contributed by atoms with van der Waals surface area (Å²) < 4.78 is 79.5. The van der Waals surface area contributed by atoms with Gasteiger partial charge in [-0.15, -0.1) is 0 Å². The number of rotatable bonds is 44. The first kappa shape index (κ1) is 110. The van der Waals surface area contributed by atoms with E-state index in [-0.39, 0.29) is 117 Å². The Morgan fingerprint density at radius 2 is 0.652 bits per heavy atom. The summed E-state index contributed by atoms with van der Waals surface area (Å²) in [6.07, 6.45) is -7.43. The molecule has 0 saturated carbocycles. The Bertz CT molecular complexity index is 4890. The Balaban J connectivity index is 0.000000368. The molecule has 141 heavy (non-hydrogen) atoms. The fourth-order valence-corrected chi connectivity index (χ4v) is 15.5. The third kappa shape index (κ3) is 34.4. The number of carboxylic acids is 1. The van der Waals surface area contributed by atoms with Crippen LogP contribution in [0, 0.1) is 6.92 Å². The minimum absolute atomic E-state index is 0.0110. The molecule has 772 valence electrons. The van der Waals surface area contributed by atoms with E-state index in [4.69, 9.17) is 105 Å². The second-order valence-electron chi connectivity index (χ2n) is 32.7. The summed E-state index contributed by atoms with van der Waals surface area (Å²) in [5.41, 5.74) is 34.9. The lowest BCUT2D eigenvalue weighted by molar-refractivity contribution is -0.148. The number of nitrogens with two attached hydrogens (primary N) is 6. The van der Waals surface area contributed by atoms with Gasteiger partial charge in [0.2, 0.25) is 40.9 Å². The van der Waals surface area contributed by atoms with Crippen molar-refractivity contribution >= 4 is 126 Å². The molecule has 2 aromatic carbocycles. The molecule has 0 radical (unpaired) electrons. The van der Waals surface area contributed by atoms with Crippen LogP contribution in [0.1, 0.15) is 162 Å². The number of hydrogen-bond acceptors (Lipinski definition) is 36. The molecule has 0 bridgehead atoms. The Labute approximate surface area is 806 Å². The van der Waals surface area contributed by atoms with Crippen molar-refractivity contribution in [1.29, 1.82) is 0 Å². The largest absolute Gasteiger partial charge is 0.508 e. The lowest BCUT2D eigenvalue weighted by Crippen LogP contribution is -2.61. The molecule has 9 rings (SSSR count). The van der Waals surface area contributed by atoms with Crippen molar-refractivity contribution in [3.05, 3.63) is 105 Å². The summed E-state index contributed by atoms with van der Waals surface area (Å²) in [5.74, 6) is -9.79. The summed E-state index contributed by atoms with van der Waals surface area (Å²) >= 11 is 0. The summed E-state index contributed by atoms with van der Waals surface area (Å²) in [7, 11) is 3.32. The summed E-state index contributed by atoms with van der Waals surface area (Å²) in [6.45, 7) is 8.37. The van der Waals surface area contributed by atoms with Crippen molar-refractivity contribution in [3.63, 3.8) is 0 Å². The van der Waals surface area contributed by atoms with E-state index in [0.29, 0.717) is 120 Å². The number of amides is 11. The number of cyclic esters (lactones) is 6. The zero-order valence-corrected chi connectivity index (χ0v) is 78.7. The number of carbonyl (C=O) groups is 18. The number of hydrogen-bond donors (Lipinski definition) is 16. The number of aliphatic imine (C=N–C) groups is 3. The van der Waals surface area contributed by atoms with Gasteiger partial charge in [-0.2, -0.15) is 0 Å². The van der Waals surface area contributed by atoms with E-state index < -0.39 is 193 Å². The van der Waals surface area contributed by atoms with Gasteiger partial charge in [0.1, 0.15) is 19.8 Å². The van der Waals surface area contributed by atoms with Crippen molar-refractivity contribution < 1.29 is 162 Å². The lowest BCUT2D eigenvalue weighted by atomic mass is 9.92. The molecule has 4 fully saturated rings. The van der Waals surface area contributed by atoms with Crippen molar-refractivity contribution in [1.82, 2.24) is 57.7 Å². The number of alkyl carbamates (subject to hydrolysis) is 3. The number of aromatic carboxylic acids is 1. The van der Waals surface area contributed by atoms with Gasteiger partial charge in [-0.25, -0.2) is 62.9 Å². The highest BCUT2D eigenvalue weighted by molar-refractivity contribution is 6.04. The summed E-state index contributed by atoms with van der Waals surface area (Å²) in [5, 5.41) is 33.8. The number of nitrogens with zero attached hydrogens (tertiary/aromatic N) is 5. The molecule has 11 amide bonds. The van der Waals surface area contributed by atoms with Crippen molar-refractivity contribution in [2.24, 2.45) is 49.4 Å². The van der Waals surface area contributed by atoms with Crippen LogP contribution in [-0.4, -0.2) is 338 Å². The molecule has 54 nitrogen and oxygen atoms in total. The van der Waals surface area contributed by atoms with Gasteiger partial charge >= 0.3 is 60.6 Å². The molecule has 15 atom stereocenters. The molecule has 2 unspecified atom stereocenters. The summed E-state index contributed by atoms with van der Waals surface area (Å²) in [4.78, 5) is 241. The van der Waals surface area contributed by atoms with Gasteiger partial charge < -0.3 is 168 Å². The van der Waals surface area contributed by atoms with Gasteiger partial charge in [0, 0.05) is 115 Å². The van der Waals surface area contributed by atoms with Crippen LogP contribution in [0.15, 0.2) is 86.9 Å². The van der Waals surface area contributed by atoms with E-state index in [1.165, 1.54) is 75.1 Å². The molecule has 2 aromatic rings. The van der Waals surface area contributed by atoms with Crippen LogP contribution in [0.5, 0.6) is 0 Å². The maximum absolute atomic E-state index is 13.2. The third-order valence-electron chi connectivity index (χ3n) is 22.0. The average molecular weight is 1990 g/mol. The maximum Gasteiger partial charge on any atom is 0.508 e. The van der Waals surface area contributed by atoms with Gasteiger partial charge in [0.25, 0.3) is 23.6 Å². The zero-order valence-electron chi connectivity index (χ0n) is 78.7. The fourth-order valence-electron chi connectivity index (χ4n) is 15.5. The van der Waals surface area contributed by atoms with Gasteiger partial charge in [-0.3, -0.25) is 38.4 Å². The van der Waals surface area contributed by atoms with Crippen LogP contribution in [0.3, 0.4) is 0 Å². The zero-order chi connectivity index (χ0) is 103. The van der Waals surface area contributed by atoms with Crippen LogP contribution in [-0.2, 0) is 105 Å². The van der Waals surface area contributed by atoms with E-state index in [0.717, 1.165) is 21.3 Å². The van der Waals surface area contributed by atoms with Crippen molar-refractivity contribution in [2.75, 3.05) is 107 Å². The number of benzene rings is 2. The highest BCUT2D eigenvalue weighted by Gasteiger charge is 2.54. The number of methoxy groups -OCH3 is 3. The molecule has 7 aliphatic heterocycles. The number of carbonyl (C=O) groups excluding carboxylic acids is 17. The molecule has 22 N–H and O–H groups in total. The van der Waals surface area contributed by atoms with E-state index in [1.54, 1.807) is 24.0 Å². The van der Waals surface area contributed by atoms with Gasteiger partial charge in [-0.05, 0) is 106 Å². The molecule has 54 heteroatoms. The van der Waals surface area contributed by atoms with E-state index in [2.05, 4.69) is 62.8 Å². The molecule has 7 heterocycles. The number of nitrogens with one attached hydrogen (secondary N) is 9. The lowest BCUT2D eigenvalue weighted by Gasteiger charge is -2.39. The number of aryl methyl sites for hydroxylation is 1. The van der Waals surface area contributed by atoms with Crippen LogP contribution in [0.4, 0.5) is 28.8 Å².